The second kappa shape index (κ2) is 4.27. The van der Waals surface area contributed by atoms with E-state index in [1.807, 2.05) is 6.07 Å². The van der Waals surface area contributed by atoms with E-state index in [2.05, 4.69) is 9.88 Å². The second-order valence-corrected chi connectivity index (χ2v) is 3.41. The lowest BCUT2D eigenvalue weighted by Crippen LogP contribution is -2.37. The van der Waals surface area contributed by atoms with Gasteiger partial charge in [0.05, 0.1) is 24.5 Å². The summed E-state index contributed by atoms with van der Waals surface area (Å²) in [7, 11) is 0. The third kappa shape index (κ3) is 2.07. The van der Waals surface area contributed by atoms with Gasteiger partial charge in [-0.3, -0.25) is 10.4 Å². The number of morpholine rings is 1. The lowest BCUT2D eigenvalue weighted by Gasteiger charge is -2.30. The maximum Gasteiger partial charge on any atom is 0.126 e. The average molecular weight is 206 g/mol. The van der Waals surface area contributed by atoms with E-state index in [-0.39, 0.29) is 5.84 Å². The SMILES string of the molecule is N=C(N)c1cnccc1N1CCOCC1. The van der Waals surface area contributed by atoms with Crippen LogP contribution in [0.25, 0.3) is 0 Å². The van der Waals surface area contributed by atoms with Crippen molar-refractivity contribution in [3.8, 4) is 0 Å². The number of anilines is 1. The van der Waals surface area contributed by atoms with E-state index < -0.39 is 0 Å². The van der Waals surface area contributed by atoms with Gasteiger partial charge >= 0.3 is 0 Å². The van der Waals surface area contributed by atoms with Crippen molar-refractivity contribution in [2.24, 2.45) is 5.73 Å². The molecule has 1 fully saturated rings. The Morgan fingerprint density at radius 3 is 2.87 bits per heavy atom. The molecule has 0 bridgehead atoms. The van der Waals surface area contributed by atoms with E-state index in [9.17, 15) is 0 Å². The Labute approximate surface area is 88.4 Å². The molecule has 1 aliphatic rings. The van der Waals surface area contributed by atoms with Crippen molar-refractivity contribution in [1.29, 1.82) is 5.41 Å². The van der Waals surface area contributed by atoms with Crippen LogP contribution < -0.4 is 10.6 Å². The number of nitrogens with one attached hydrogen (secondary N) is 1. The van der Waals surface area contributed by atoms with Crippen LogP contribution in [0.2, 0.25) is 0 Å². The molecule has 0 radical (unpaired) electrons. The Morgan fingerprint density at radius 1 is 1.47 bits per heavy atom. The second-order valence-electron chi connectivity index (χ2n) is 3.41. The van der Waals surface area contributed by atoms with Crippen molar-refractivity contribution < 1.29 is 4.74 Å². The normalized spacial score (nSPS) is 16.4. The van der Waals surface area contributed by atoms with Gasteiger partial charge in [-0.2, -0.15) is 0 Å². The summed E-state index contributed by atoms with van der Waals surface area (Å²) in [4.78, 5) is 6.15. The van der Waals surface area contributed by atoms with Gasteiger partial charge in [-0.25, -0.2) is 0 Å². The third-order valence-corrected chi connectivity index (χ3v) is 2.44. The standard InChI is InChI=1S/C10H14N4O/c11-10(12)8-7-13-2-1-9(8)14-3-5-15-6-4-14/h1-2,7H,3-6H2,(H3,11,12). The number of nitrogens with zero attached hydrogens (tertiary/aromatic N) is 2. The fourth-order valence-electron chi connectivity index (χ4n) is 1.67. The van der Waals surface area contributed by atoms with Crippen LogP contribution >= 0.6 is 0 Å². The molecule has 2 heterocycles. The van der Waals surface area contributed by atoms with E-state index in [1.165, 1.54) is 0 Å². The van der Waals surface area contributed by atoms with Gasteiger partial charge < -0.3 is 15.4 Å². The summed E-state index contributed by atoms with van der Waals surface area (Å²) in [5.41, 5.74) is 7.17. The van der Waals surface area contributed by atoms with E-state index in [0.717, 1.165) is 32.0 Å². The molecule has 0 amide bonds. The van der Waals surface area contributed by atoms with Gasteiger partial charge in [0.25, 0.3) is 0 Å². The van der Waals surface area contributed by atoms with Gasteiger partial charge in [0.15, 0.2) is 0 Å². The number of hydrogen-bond acceptors (Lipinski definition) is 4. The highest BCUT2D eigenvalue weighted by molar-refractivity contribution is 6.00. The molecule has 1 saturated heterocycles. The van der Waals surface area contributed by atoms with Crippen LogP contribution in [-0.2, 0) is 4.74 Å². The van der Waals surface area contributed by atoms with Crippen LogP contribution in [0.1, 0.15) is 5.56 Å². The first kappa shape index (κ1) is 9.92. The van der Waals surface area contributed by atoms with Crippen LogP contribution in [0.3, 0.4) is 0 Å². The Kier molecular flexibility index (Phi) is 2.82. The largest absolute Gasteiger partial charge is 0.384 e. The van der Waals surface area contributed by atoms with Crippen LogP contribution in [-0.4, -0.2) is 37.1 Å². The predicted molar refractivity (Wildman–Crippen MR) is 58.3 cm³/mol. The maximum atomic E-state index is 7.47. The van der Waals surface area contributed by atoms with Crippen molar-refractivity contribution in [3.05, 3.63) is 24.0 Å². The summed E-state index contributed by atoms with van der Waals surface area (Å²) in [6.45, 7) is 3.12. The number of rotatable bonds is 2. The van der Waals surface area contributed by atoms with E-state index >= 15 is 0 Å². The summed E-state index contributed by atoms with van der Waals surface area (Å²) in [5.74, 6) is 0.0598. The molecule has 0 saturated carbocycles. The van der Waals surface area contributed by atoms with Gasteiger partial charge in [-0.1, -0.05) is 0 Å². The third-order valence-electron chi connectivity index (χ3n) is 2.44. The molecule has 2 rings (SSSR count). The molecule has 5 heteroatoms. The lowest BCUT2D eigenvalue weighted by atomic mass is 10.2. The molecule has 3 N–H and O–H groups in total. The number of amidine groups is 1. The van der Waals surface area contributed by atoms with Gasteiger partial charge in [0.2, 0.25) is 0 Å². The minimum absolute atomic E-state index is 0.0598. The van der Waals surface area contributed by atoms with Crippen LogP contribution in [0.15, 0.2) is 18.5 Å². The molecular formula is C10H14N4O. The fraction of sp³-hybridized carbons (Fsp3) is 0.400. The van der Waals surface area contributed by atoms with Crippen molar-refractivity contribution >= 4 is 11.5 Å². The van der Waals surface area contributed by atoms with Gasteiger partial charge in [-0.05, 0) is 6.07 Å². The fourth-order valence-corrected chi connectivity index (χ4v) is 1.67. The number of pyridine rings is 1. The van der Waals surface area contributed by atoms with Crippen molar-refractivity contribution in [3.63, 3.8) is 0 Å². The zero-order valence-corrected chi connectivity index (χ0v) is 8.44. The highest BCUT2D eigenvalue weighted by Crippen LogP contribution is 2.19. The first-order chi connectivity index (χ1) is 7.29. The molecule has 1 aliphatic heterocycles. The van der Waals surface area contributed by atoms with E-state index in [0.29, 0.717) is 5.56 Å². The lowest BCUT2D eigenvalue weighted by molar-refractivity contribution is 0.122. The molecule has 1 aromatic rings. The number of ether oxygens (including phenoxy) is 1. The monoisotopic (exact) mass is 206 g/mol. The molecule has 15 heavy (non-hydrogen) atoms. The van der Waals surface area contributed by atoms with E-state index in [1.54, 1.807) is 12.4 Å². The molecule has 5 nitrogen and oxygen atoms in total. The van der Waals surface area contributed by atoms with Crippen LogP contribution in [0.5, 0.6) is 0 Å². The molecule has 1 aromatic heterocycles. The van der Waals surface area contributed by atoms with Gasteiger partial charge in [-0.15, -0.1) is 0 Å². The molecular weight excluding hydrogens is 192 g/mol. The highest BCUT2D eigenvalue weighted by atomic mass is 16.5. The number of nitrogens with two attached hydrogens (primary N) is 1. The number of nitrogen functional groups attached to an aromatic ring is 1. The Bertz CT molecular complexity index is 360. The summed E-state index contributed by atoms with van der Waals surface area (Å²) >= 11 is 0. The number of aromatic nitrogens is 1. The van der Waals surface area contributed by atoms with Crippen LogP contribution in [0, 0.1) is 5.41 Å². The smallest absolute Gasteiger partial charge is 0.126 e. The molecule has 0 unspecified atom stereocenters. The average Bonchev–Trinajstić information content (AvgIpc) is 2.30. The minimum Gasteiger partial charge on any atom is -0.384 e. The summed E-state index contributed by atoms with van der Waals surface area (Å²) in [6, 6.07) is 1.89. The highest BCUT2D eigenvalue weighted by Gasteiger charge is 2.15. The van der Waals surface area contributed by atoms with E-state index in [4.69, 9.17) is 15.9 Å². The molecule has 80 valence electrons. The summed E-state index contributed by atoms with van der Waals surface area (Å²) < 4.78 is 5.28. The molecule has 0 aromatic carbocycles. The first-order valence-electron chi connectivity index (χ1n) is 4.90. The summed E-state index contributed by atoms with van der Waals surface area (Å²) in [6.07, 6.45) is 3.35. The molecule has 0 spiro atoms. The first-order valence-corrected chi connectivity index (χ1v) is 4.90. The number of hydrogen-bond donors (Lipinski definition) is 2. The van der Waals surface area contributed by atoms with Gasteiger partial charge in [0.1, 0.15) is 5.84 Å². The maximum absolute atomic E-state index is 7.47. The Hall–Kier alpha value is -1.62. The molecule has 0 aliphatic carbocycles. The van der Waals surface area contributed by atoms with Crippen molar-refractivity contribution in [2.75, 3.05) is 31.2 Å². The molecule has 0 atom stereocenters. The Morgan fingerprint density at radius 2 is 2.20 bits per heavy atom. The van der Waals surface area contributed by atoms with Gasteiger partial charge in [0, 0.05) is 25.5 Å². The zero-order valence-electron chi connectivity index (χ0n) is 8.44. The summed E-state index contributed by atoms with van der Waals surface area (Å²) in [5, 5.41) is 7.47. The quantitative estimate of drug-likeness (QED) is 0.535. The Balaban J connectivity index is 2.29. The topological polar surface area (TPSA) is 75.2 Å². The van der Waals surface area contributed by atoms with Crippen LogP contribution in [0.4, 0.5) is 5.69 Å². The van der Waals surface area contributed by atoms with Crippen molar-refractivity contribution in [1.82, 2.24) is 4.98 Å². The zero-order chi connectivity index (χ0) is 10.7. The predicted octanol–water partition coefficient (Wildman–Crippen LogP) is 0.202. The van der Waals surface area contributed by atoms with Crippen molar-refractivity contribution in [2.45, 2.75) is 0 Å². The minimum atomic E-state index is 0.0598.